The van der Waals surface area contributed by atoms with Gasteiger partial charge in [0.2, 0.25) is 0 Å². The van der Waals surface area contributed by atoms with Gasteiger partial charge in [-0.25, -0.2) is 0 Å². The molecular weight excluding hydrogens is 552 g/mol. The molecule has 212 valence electrons. The van der Waals surface area contributed by atoms with Crippen LogP contribution in [0.3, 0.4) is 0 Å². The average molecular weight is 572 g/mol. The van der Waals surface area contributed by atoms with Gasteiger partial charge >= 0.3 is 0 Å². The van der Waals surface area contributed by atoms with E-state index >= 15 is 0 Å². The molecule has 42 heavy (non-hydrogen) atoms. The molecule has 1 atom stereocenters. The third-order valence-corrected chi connectivity index (χ3v) is 7.00. The van der Waals surface area contributed by atoms with Crippen LogP contribution in [0.4, 0.5) is 0 Å². The Kier molecular flexibility index (Phi) is 5.78. The quantitative estimate of drug-likeness (QED) is 0.140. The van der Waals surface area contributed by atoms with E-state index in [2.05, 4.69) is 0 Å². The highest BCUT2D eigenvalue weighted by molar-refractivity contribution is 6.03. The third-order valence-electron chi connectivity index (χ3n) is 7.00. The minimum absolute atomic E-state index is 0.0117. The molecule has 1 aromatic heterocycles. The van der Waals surface area contributed by atoms with Crippen molar-refractivity contribution in [2.24, 2.45) is 0 Å². The Labute approximate surface area is 234 Å². The molecule has 5 aromatic rings. The summed E-state index contributed by atoms with van der Waals surface area (Å²) in [5.41, 5.74) is -1.83. The Morgan fingerprint density at radius 3 is 2.10 bits per heavy atom. The van der Waals surface area contributed by atoms with Crippen LogP contribution in [-0.4, -0.2) is 46.6 Å². The van der Waals surface area contributed by atoms with Crippen LogP contribution in [0.2, 0.25) is 0 Å². The van der Waals surface area contributed by atoms with Crippen LogP contribution in [0, 0.1) is 0 Å². The number of ether oxygens (including phenoxy) is 1. The first-order chi connectivity index (χ1) is 19.9. The summed E-state index contributed by atoms with van der Waals surface area (Å²) in [4.78, 5) is 26.1. The van der Waals surface area contributed by atoms with Gasteiger partial charge in [-0.3, -0.25) is 9.59 Å². The highest BCUT2D eigenvalue weighted by atomic mass is 16.5. The molecule has 0 spiro atoms. The van der Waals surface area contributed by atoms with E-state index in [0.717, 1.165) is 36.4 Å². The van der Waals surface area contributed by atoms with Gasteiger partial charge in [-0.05, 0) is 24.3 Å². The number of phenolic OH excluding ortho intramolecular Hbond substituents is 8. The van der Waals surface area contributed by atoms with E-state index in [1.807, 2.05) is 0 Å². The van der Waals surface area contributed by atoms with E-state index in [1.165, 1.54) is 18.2 Å². The van der Waals surface area contributed by atoms with E-state index in [0.29, 0.717) is 0 Å². The lowest BCUT2D eigenvalue weighted by Gasteiger charge is -2.28. The molecule has 12 nitrogen and oxygen atoms in total. The van der Waals surface area contributed by atoms with E-state index in [1.54, 1.807) is 0 Å². The summed E-state index contributed by atoms with van der Waals surface area (Å²) < 4.78 is 11.6. The molecular formula is C30H20O12. The molecule has 2 heterocycles. The number of carbonyl (C=O) groups is 1. The molecule has 12 heteroatoms. The van der Waals surface area contributed by atoms with E-state index in [4.69, 9.17) is 9.15 Å². The Bertz CT molecular complexity index is 2020. The van der Waals surface area contributed by atoms with Gasteiger partial charge in [-0.15, -0.1) is 0 Å². The van der Waals surface area contributed by atoms with Crippen LogP contribution < -0.4 is 10.2 Å². The van der Waals surface area contributed by atoms with Gasteiger partial charge in [-0.1, -0.05) is 6.07 Å². The maximum absolute atomic E-state index is 13.2. The fraction of sp³-hybridized carbons (Fsp3) is 0.0667. The van der Waals surface area contributed by atoms with Crippen LogP contribution in [0.5, 0.6) is 51.7 Å². The molecule has 1 aliphatic rings. The predicted octanol–water partition coefficient (Wildman–Crippen LogP) is 4.48. The van der Waals surface area contributed by atoms with Crippen LogP contribution in [-0.2, 0) is 0 Å². The number of rotatable bonds is 3. The van der Waals surface area contributed by atoms with Crippen molar-refractivity contribution in [3.05, 3.63) is 75.9 Å². The minimum Gasteiger partial charge on any atom is -0.508 e. The second-order valence-electron chi connectivity index (χ2n) is 9.64. The molecule has 8 N–H and O–H groups in total. The number of phenols is 8. The highest BCUT2D eigenvalue weighted by Crippen LogP contribution is 2.52. The Morgan fingerprint density at radius 1 is 0.643 bits per heavy atom. The smallest absolute Gasteiger partial charge is 0.197 e. The van der Waals surface area contributed by atoms with Gasteiger partial charge < -0.3 is 50.0 Å². The zero-order valence-electron chi connectivity index (χ0n) is 21.2. The molecule has 0 fully saturated rings. The number of Topliss-reactive ketones (excluding diaryl/α,β-unsaturated/α-hetero) is 1. The summed E-state index contributed by atoms with van der Waals surface area (Å²) >= 11 is 0. The Balaban J connectivity index is 1.54. The summed E-state index contributed by atoms with van der Waals surface area (Å²) in [6.45, 7) is 0. The second-order valence-corrected chi connectivity index (χ2v) is 9.64. The van der Waals surface area contributed by atoms with Gasteiger partial charge in [-0.2, -0.15) is 0 Å². The van der Waals surface area contributed by atoms with Crippen LogP contribution in [0.15, 0.2) is 63.8 Å². The number of aromatic hydroxyl groups is 8. The van der Waals surface area contributed by atoms with Crippen molar-refractivity contribution in [1.82, 2.24) is 0 Å². The first kappa shape index (κ1) is 26.2. The van der Waals surface area contributed by atoms with Crippen LogP contribution >= 0.6 is 0 Å². The van der Waals surface area contributed by atoms with Gasteiger partial charge in [0, 0.05) is 41.0 Å². The zero-order valence-corrected chi connectivity index (χ0v) is 21.2. The predicted molar refractivity (Wildman–Crippen MR) is 145 cm³/mol. The van der Waals surface area contributed by atoms with E-state index in [9.17, 15) is 50.4 Å². The molecule has 0 saturated carbocycles. The lowest BCUT2D eigenvalue weighted by Crippen LogP contribution is -2.21. The van der Waals surface area contributed by atoms with Gasteiger partial charge in [0.05, 0.1) is 12.0 Å². The molecule has 0 amide bonds. The molecule has 0 aliphatic carbocycles. The van der Waals surface area contributed by atoms with Crippen molar-refractivity contribution in [2.75, 3.05) is 0 Å². The van der Waals surface area contributed by atoms with Gasteiger partial charge in [0.1, 0.15) is 57.1 Å². The molecule has 1 aliphatic heterocycles. The lowest BCUT2D eigenvalue weighted by molar-refractivity contribution is 0.0845. The fourth-order valence-corrected chi connectivity index (χ4v) is 5.08. The maximum Gasteiger partial charge on any atom is 0.197 e. The van der Waals surface area contributed by atoms with Crippen LogP contribution in [0.25, 0.3) is 33.4 Å². The maximum atomic E-state index is 13.2. The van der Waals surface area contributed by atoms with E-state index in [-0.39, 0.29) is 51.5 Å². The third kappa shape index (κ3) is 4.01. The average Bonchev–Trinajstić information content (AvgIpc) is 2.91. The number of hydrogen-bond donors (Lipinski definition) is 8. The first-order valence-electron chi connectivity index (χ1n) is 12.3. The summed E-state index contributed by atoms with van der Waals surface area (Å²) in [5.74, 6) is -5.51. The van der Waals surface area contributed by atoms with Gasteiger partial charge in [0.15, 0.2) is 34.2 Å². The normalized spacial score (nSPS) is 14.5. The van der Waals surface area contributed by atoms with Crippen molar-refractivity contribution in [3.63, 3.8) is 0 Å². The summed E-state index contributed by atoms with van der Waals surface area (Å²) in [5, 5.41) is 82.5. The van der Waals surface area contributed by atoms with Crippen LogP contribution in [0.1, 0.15) is 28.4 Å². The van der Waals surface area contributed by atoms with Crippen molar-refractivity contribution < 1.29 is 54.8 Å². The fourth-order valence-electron chi connectivity index (χ4n) is 5.08. The van der Waals surface area contributed by atoms with Gasteiger partial charge in [0.25, 0.3) is 0 Å². The second kappa shape index (κ2) is 9.27. The SMILES string of the molecule is O=C1C[C@@H](c2ccc(O)c(O)c2-c2c(O)cc3oc(-c4ccc(O)c(O)c4)cc(=O)c3c2O)Oc2cc(O)cc(O)c21. The standard InChI is InChI=1S/C30H20O12/c31-12-6-17(35)26-18(36)9-22(42-23(26)7-12)13-2-4-15(33)29(39)25(13)28-20(38)10-24-27(30(28)40)19(37)8-21(41-24)11-1-3-14(32)16(34)5-11/h1-8,10,22,31-35,38-40H,9H2/t22-/m0/s1. The number of fused-ring (bicyclic) bond motifs is 2. The minimum atomic E-state index is -1.19. The molecule has 0 radical (unpaired) electrons. The monoisotopic (exact) mass is 572 g/mol. The number of ketones is 1. The zero-order chi connectivity index (χ0) is 30.0. The van der Waals surface area contributed by atoms with E-state index < -0.39 is 68.5 Å². The first-order valence-corrected chi connectivity index (χ1v) is 12.3. The van der Waals surface area contributed by atoms with Crippen molar-refractivity contribution in [3.8, 4) is 74.2 Å². The van der Waals surface area contributed by atoms with Crippen molar-refractivity contribution >= 4 is 16.8 Å². The summed E-state index contributed by atoms with van der Waals surface area (Å²) in [7, 11) is 0. The molecule has 0 bridgehead atoms. The number of benzene rings is 4. The Morgan fingerprint density at radius 2 is 1.36 bits per heavy atom. The molecule has 0 unspecified atom stereocenters. The lowest BCUT2D eigenvalue weighted by atomic mass is 9.88. The number of carbonyl (C=O) groups excluding carboxylic acids is 1. The van der Waals surface area contributed by atoms with Crippen molar-refractivity contribution in [2.45, 2.75) is 12.5 Å². The highest BCUT2D eigenvalue weighted by Gasteiger charge is 2.35. The molecule has 6 rings (SSSR count). The Hall–Kier alpha value is -6.04. The topological polar surface area (TPSA) is 218 Å². The molecule has 4 aromatic carbocycles. The van der Waals surface area contributed by atoms with Crippen molar-refractivity contribution in [1.29, 1.82) is 0 Å². The summed E-state index contributed by atoms with van der Waals surface area (Å²) in [6, 6.07) is 10.2. The number of hydrogen-bond acceptors (Lipinski definition) is 12. The molecule has 0 saturated heterocycles. The summed E-state index contributed by atoms with van der Waals surface area (Å²) in [6.07, 6.45) is -1.56. The largest absolute Gasteiger partial charge is 0.508 e.